The molecule has 0 saturated carbocycles. The molecule has 4 nitrogen and oxygen atoms in total. The summed E-state index contributed by atoms with van der Waals surface area (Å²) in [5, 5.41) is 2.56. The summed E-state index contributed by atoms with van der Waals surface area (Å²) in [5.41, 5.74) is 6.09. The summed E-state index contributed by atoms with van der Waals surface area (Å²) in [5.74, 6) is 0. The molecule has 0 radical (unpaired) electrons. The van der Waals surface area contributed by atoms with Crippen LogP contribution in [0.2, 0.25) is 0 Å². The minimum Gasteiger partial charge on any atom is -0.388 e. The third kappa shape index (κ3) is 3.49. The molecule has 84 valence electrons. The van der Waals surface area contributed by atoms with Crippen molar-refractivity contribution in [1.82, 2.24) is 4.98 Å². The van der Waals surface area contributed by atoms with E-state index in [1.165, 1.54) is 11.3 Å². The van der Waals surface area contributed by atoms with Gasteiger partial charge in [-0.1, -0.05) is 12.2 Å². The van der Waals surface area contributed by atoms with Gasteiger partial charge >= 0.3 is 0 Å². The molecule has 0 fully saturated rings. The highest BCUT2D eigenvalue weighted by molar-refractivity contribution is 7.80. The maximum atomic E-state index is 5.47. The molecule has 2 N–H and O–H groups in total. The number of nitrogens with two attached hydrogens (primary N) is 1. The monoisotopic (exact) mass is 246 g/mol. The predicted molar refractivity (Wildman–Crippen MR) is 64.0 cm³/mol. The van der Waals surface area contributed by atoms with Gasteiger partial charge in [-0.15, -0.1) is 11.3 Å². The molecule has 1 rings (SSSR count). The van der Waals surface area contributed by atoms with Gasteiger partial charge in [0.15, 0.2) is 0 Å². The van der Waals surface area contributed by atoms with Crippen molar-refractivity contribution in [2.75, 3.05) is 13.2 Å². The van der Waals surface area contributed by atoms with E-state index in [0.717, 1.165) is 5.01 Å². The highest BCUT2D eigenvalue weighted by atomic mass is 32.1. The molecule has 1 aromatic heterocycles. The maximum Gasteiger partial charge on any atom is 0.210 e. The first-order valence-electron chi connectivity index (χ1n) is 4.67. The van der Waals surface area contributed by atoms with E-state index in [9.17, 15) is 0 Å². The molecule has 0 aliphatic heterocycles. The molecule has 0 aliphatic carbocycles. The van der Waals surface area contributed by atoms with Crippen LogP contribution in [-0.4, -0.2) is 23.2 Å². The Balaban J connectivity index is 2.76. The van der Waals surface area contributed by atoms with Crippen molar-refractivity contribution < 1.29 is 9.47 Å². The Hall–Kier alpha value is -0.560. The highest BCUT2D eigenvalue weighted by Crippen LogP contribution is 2.22. The third-order valence-corrected chi connectivity index (χ3v) is 2.69. The molecule has 6 heteroatoms. The van der Waals surface area contributed by atoms with Gasteiger partial charge in [-0.05, 0) is 13.8 Å². The van der Waals surface area contributed by atoms with Gasteiger partial charge in [0.2, 0.25) is 6.29 Å². The minimum atomic E-state index is -0.409. The number of hydrogen-bond acceptors (Lipinski definition) is 5. The summed E-state index contributed by atoms with van der Waals surface area (Å²) in [6.07, 6.45) is -0.409. The fourth-order valence-corrected chi connectivity index (χ4v) is 1.99. The van der Waals surface area contributed by atoms with Crippen LogP contribution in [0.5, 0.6) is 0 Å². The van der Waals surface area contributed by atoms with Gasteiger partial charge in [-0.2, -0.15) is 0 Å². The molecule has 0 aromatic carbocycles. The van der Waals surface area contributed by atoms with Crippen LogP contribution >= 0.6 is 23.6 Å². The van der Waals surface area contributed by atoms with E-state index in [0.29, 0.717) is 23.9 Å². The van der Waals surface area contributed by atoms with E-state index in [2.05, 4.69) is 4.98 Å². The average molecular weight is 246 g/mol. The topological polar surface area (TPSA) is 57.4 Å². The number of rotatable bonds is 6. The maximum absolute atomic E-state index is 5.47. The van der Waals surface area contributed by atoms with E-state index in [1.54, 1.807) is 0 Å². The summed E-state index contributed by atoms with van der Waals surface area (Å²) < 4.78 is 10.8. The molecule has 0 atom stereocenters. The van der Waals surface area contributed by atoms with Gasteiger partial charge < -0.3 is 15.2 Å². The van der Waals surface area contributed by atoms with Crippen molar-refractivity contribution >= 4 is 28.5 Å². The highest BCUT2D eigenvalue weighted by Gasteiger charge is 2.16. The number of thiazole rings is 1. The van der Waals surface area contributed by atoms with Gasteiger partial charge in [0.1, 0.15) is 15.7 Å². The van der Waals surface area contributed by atoms with Gasteiger partial charge in [0, 0.05) is 18.6 Å². The van der Waals surface area contributed by atoms with Crippen molar-refractivity contribution in [3.05, 3.63) is 16.1 Å². The molecule has 0 aliphatic rings. The van der Waals surface area contributed by atoms with Gasteiger partial charge in [-0.3, -0.25) is 0 Å². The van der Waals surface area contributed by atoms with Crippen LogP contribution in [0, 0.1) is 0 Å². The van der Waals surface area contributed by atoms with E-state index < -0.39 is 6.29 Å². The molecule has 1 heterocycles. The van der Waals surface area contributed by atoms with Crippen molar-refractivity contribution in [3.8, 4) is 0 Å². The van der Waals surface area contributed by atoms with Crippen molar-refractivity contribution in [3.63, 3.8) is 0 Å². The Labute approximate surface area is 98.4 Å². The van der Waals surface area contributed by atoms with E-state index in [4.69, 9.17) is 27.4 Å². The molecule has 15 heavy (non-hydrogen) atoms. The lowest BCUT2D eigenvalue weighted by atomic mass is 10.5. The Morgan fingerprint density at radius 2 is 2.13 bits per heavy atom. The number of hydrogen-bond donors (Lipinski definition) is 1. The second-order valence-electron chi connectivity index (χ2n) is 2.68. The van der Waals surface area contributed by atoms with Gasteiger partial charge in [0.25, 0.3) is 0 Å². The third-order valence-electron chi connectivity index (χ3n) is 1.61. The van der Waals surface area contributed by atoms with Crippen LogP contribution in [0.25, 0.3) is 0 Å². The molecule has 0 bridgehead atoms. The molecule has 0 amide bonds. The van der Waals surface area contributed by atoms with Crippen LogP contribution in [0.3, 0.4) is 0 Å². The normalized spacial score (nSPS) is 10.9. The number of ether oxygens (including phenoxy) is 2. The van der Waals surface area contributed by atoms with Gasteiger partial charge in [0.05, 0.1) is 0 Å². The molecular formula is C9H14N2O2S2. The number of aromatic nitrogens is 1. The second kappa shape index (κ2) is 6.12. The standard InChI is InChI=1S/C9H14N2O2S2/c1-3-12-9(13-4-2)8-11-6(5-15-8)7(10)14/h5,9H,3-4H2,1-2H3,(H2,10,14). The van der Waals surface area contributed by atoms with E-state index in [-0.39, 0.29) is 0 Å². The second-order valence-corrected chi connectivity index (χ2v) is 4.01. The average Bonchev–Trinajstić information content (AvgIpc) is 2.66. The lowest BCUT2D eigenvalue weighted by Crippen LogP contribution is -2.12. The number of thiocarbonyl (C=S) groups is 1. The number of nitrogens with zero attached hydrogens (tertiary/aromatic N) is 1. The van der Waals surface area contributed by atoms with E-state index >= 15 is 0 Å². The Morgan fingerprint density at radius 3 is 2.53 bits per heavy atom. The van der Waals surface area contributed by atoms with Crippen molar-refractivity contribution in [1.29, 1.82) is 0 Å². The van der Waals surface area contributed by atoms with Crippen LogP contribution < -0.4 is 5.73 Å². The summed E-state index contributed by atoms with van der Waals surface area (Å²) in [6.45, 7) is 4.97. The Kier molecular flexibility index (Phi) is 5.10. The quantitative estimate of drug-likeness (QED) is 0.613. The lowest BCUT2D eigenvalue weighted by Gasteiger charge is -2.13. The first-order valence-corrected chi connectivity index (χ1v) is 5.96. The van der Waals surface area contributed by atoms with Crippen LogP contribution in [0.15, 0.2) is 5.38 Å². The summed E-state index contributed by atoms with van der Waals surface area (Å²) in [4.78, 5) is 4.55. The molecule has 0 saturated heterocycles. The molecule has 1 aromatic rings. The zero-order valence-electron chi connectivity index (χ0n) is 8.73. The lowest BCUT2D eigenvalue weighted by molar-refractivity contribution is -0.140. The fourth-order valence-electron chi connectivity index (χ4n) is 1.00. The molecule has 0 spiro atoms. The predicted octanol–water partition coefficient (Wildman–Crippen LogP) is 1.85. The molecular weight excluding hydrogens is 232 g/mol. The summed E-state index contributed by atoms with van der Waals surface area (Å²) in [6, 6.07) is 0. The van der Waals surface area contributed by atoms with Crippen molar-refractivity contribution in [2.45, 2.75) is 20.1 Å². The van der Waals surface area contributed by atoms with Crippen LogP contribution in [0.4, 0.5) is 0 Å². The first-order chi connectivity index (χ1) is 7.19. The van der Waals surface area contributed by atoms with E-state index in [1.807, 2.05) is 19.2 Å². The SMILES string of the molecule is CCOC(OCC)c1nc(C(N)=S)cs1. The van der Waals surface area contributed by atoms with Crippen LogP contribution in [0.1, 0.15) is 30.8 Å². The fraction of sp³-hybridized carbons (Fsp3) is 0.556. The summed E-state index contributed by atoms with van der Waals surface area (Å²) >= 11 is 6.27. The Morgan fingerprint density at radius 1 is 1.53 bits per heavy atom. The zero-order chi connectivity index (χ0) is 11.3. The van der Waals surface area contributed by atoms with Crippen molar-refractivity contribution in [2.24, 2.45) is 5.73 Å². The Bertz CT molecular complexity index is 322. The molecule has 0 unspecified atom stereocenters. The largest absolute Gasteiger partial charge is 0.388 e. The summed E-state index contributed by atoms with van der Waals surface area (Å²) in [7, 11) is 0. The zero-order valence-corrected chi connectivity index (χ0v) is 10.4. The first kappa shape index (κ1) is 12.5. The van der Waals surface area contributed by atoms with Gasteiger partial charge in [-0.25, -0.2) is 4.98 Å². The minimum absolute atomic E-state index is 0.296. The smallest absolute Gasteiger partial charge is 0.210 e. The van der Waals surface area contributed by atoms with Crippen LogP contribution in [-0.2, 0) is 9.47 Å².